The van der Waals surface area contributed by atoms with E-state index in [0.717, 1.165) is 65.1 Å². The molecule has 7 heterocycles. The van der Waals surface area contributed by atoms with E-state index in [0.29, 0.717) is 23.1 Å². The Bertz CT molecular complexity index is 1800. The number of rotatable bonds is 4. The number of fused-ring (bicyclic) bond motifs is 2. The van der Waals surface area contributed by atoms with E-state index in [1.165, 1.54) is 6.07 Å². The summed E-state index contributed by atoms with van der Waals surface area (Å²) < 4.78 is 18.0. The van der Waals surface area contributed by atoms with Crippen molar-refractivity contribution in [1.29, 1.82) is 0 Å². The van der Waals surface area contributed by atoms with Gasteiger partial charge >= 0.3 is 0 Å². The molecule has 9 heteroatoms. The van der Waals surface area contributed by atoms with Gasteiger partial charge in [-0.05, 0) is 68.8 Å². The molecular weight excluding hydrogens is 479 g/mol. The highest BCUT2D eigenvalue weighted by atomic mass is 19.1. The van der Waals surface area contributed by atoms with Gasteiger partial charge in [0.1, 0.15) is 22.9 Å². The number of halogens is 1. The van der Waals surface area contributed by atoms with Crippen molar-refractivity contribution < 1.29 is 4.39 Å². The lowest BCUT2D eigenvalue weighted by atomic mass is 10.1. The lowest BCUT2D eigenvalue weighted by Gasteiger charge is -2.22. The molecule has 0 spiro atoms. The van der Waals surface area contributed by atoms with E-state index in [4.69, 9.17) is 9.97 Å². The smallest absolute Gasteiger partial charge is 0.144 e. The van der Waals surface area contributed by atoms with Gasteiger partial charge in [-0.15, -0.1) is 0 Å². The van der Waals surface area contributed by atoms with Gasteiger partial charge in [0, 0.05) is 36.3 Å². The molecule has 1 atom stereocenters. The van der Waals surface area contributed by atoms with E-state index in [2.05, 4.69) is 37.3 Å². The van der Waals surface area contributed by atoms with E-state index in [1.54, 1.807) is 13.0 Å². The minimum Gasteiger partial charge on any atom is -0.315 e. The quantitative estimate of drug-likeness (QED) is 0.353. The minimum atomic E-state index is -0.343. The van der Waals surface area contributed by atoms with Gasteiger partial charge in [0.15, 0.2) is 0 Å². The van der Waals surface area contributed by atoms with Gasteiger partial charge in [-0.1, -0.05) is 6.07 Å². The van der Waals surface area contributed by atoms with Crippen LogP contribution < -0.4 is 5.32 Å². The molecule has 1 aliphatic heterocycles. The van der Waals surface area contributed by atoms with Crippen LogP contribution in [0.2, 0.25) is 0 Å². The molecule has 0 aromatic carbocycles. The predicted molar refractivity (Wildman–Crippen MR) is 144 cm³/mol. The Hall–Kier alpha value is -4.50. The highest BCUT2D eigenvalue weighted by Crippen LogP contribution is 2.33. The molecule has 0 aliphatic carbocycles. The third-order valence-electron chi connectivity index (χ3n) is 7.15. The van der Waals surface area contributed by atoms with Crippen LogP contribution in [0, 0.1) is 12.7 Å². The molecule has 1 fully saturated rings. The van der Waals surface area contributed by atoms with Crippen LogP contribution in [-0.2, 0) is 0 Å². The van der Waals surface area contributed by atoms with Gasteiger partial charge in [0.2, 0.25) is 0 Å². The summed E-state index contributed by atoms with van der Waals surface area (Å²) in [6.45, 7) is 3.66. The largest absolute Gasteiger partial charge is 0.315 e. The Morgan fingerprint density at radius 3 is 2.74 bits per heavy atom. The van der Waals surface area contributed by atoms with E-state index in [9.17, 15) is 4.39 Å². The van der Waals surface area contributed by atoms with E-state index in [-0.39, 0.29) is 5.82 Å². The van der Waals surface area contributed by atoms with Crippen molar-refractivity contribution in [1.82, 2.24) is 39.4 Å². The molecule has 6 aromatic rings. The van der Waals surface area contributed by atoms with Crippen LogP contribution in [0.3, 0.4) is 0 Å². The summed E-state index contributed by atoms with van der Waals surface area (Å²) in [4.78, 5) is 19.0. The molecule has 0 saturated carbocycles. The topological polar surface area (TPSA) is 85.8 Å². The molecule has 0 radical (unpaired) electrons. The standard InChI is InChI=1S/C29H25FN8/c1-18-22(30)7-8-24(34-18)28-29(37-12-3-2-6-27(37)36-28)25-10-9-23-26(35-25)13-19(14-32-23)20-15-33-38(17-20)21-5-4-11-31-16-21/h2-3,6-10,12-15,17,21,31H,4-5,11,16H2,1H3. The lowest BCUT2D eigenvalue weighted by Crippen LogP contribution is -2.31. The van der Waals surface area contributed by atoms with Crippen LogP contribution in [-0.4, -0.2) is 47.2 Å². The van der Waals surface area contributed by atoms with Crippen molar-refractivity contribution >= 4 is 16.7 Å². The monoisotopic (exact) mass is 504 g/mol. The fraction of sp³-hybridized carbons (Fsp3) is 0.207. The number of piperidine rings is 1. The molecule has 1 unspecified atom stereocenters. The summed E-state index contributed by atoms with van der Waals surface area (Å²) in [6.07, 6.45) is 10.1. The molecule has 7 rings (SSSR count). The van der Waals surface area contributed by atoms with Crippen LogP contribution >= 0.6 is 0 Å². The zero-order valence-corrected chi connectivity index (χ0v) is 20.8. The Labute approximate surface area is 218 Å². The Morgan fingerprint density at radius 1 is 0.947 bits per heavy atom. The first-order valence-electron chi connectivity index (χ1n) is 12.8. The van der Waals surface area contributed by atoms with Crippen molar-refractivity contribution in [3.63, 3.8) is 0 Å². The van der Waals surface area contributed by atoms with Crippen LogP contribution in [0.25, 0.3) is 50.6 Å². The number of pyridine rings is 4. The summed E-state index contributed by atoms with van der Waals surface area (Å²) in [7, 11) is 0. The highest BCUT2D eigenvalue weighted by molar-refractivity contribution is 5.85. The van der Waals surface area contributed by atoms with Crippen LogP contribution in [0.15, 0.2) is 73.3 Å². The van der Waals surface area contributed by atoms with Gasteiger partial charge in [-0.25, -0.2) is 19.3 Å². The van der Waals surface area contributed by atoms with Gasteiger partial charge < -0.3 is 5.32 Å². The molecule has 0 bridgehead atoms. The van der Waals surface area contributed by atoms with Crippen molar-refractivity contribution in [2.75, 3.05) is 13.1 Å². The maximum atomic E-state index is 14.0. The second-order valence-electron chi connectivity index (χ2n) is 9.67. The summed E-state index contributed by atoms with van der Waals surface area (Å²) in [5, 5.41) is 8.08. The SMILES string of the molecule is Cc1nc(-c2nc3ccccn3c2-c2ccc3ncc(-c4cnn(C5CCCNC5)c4)cc3n2)ccc1F. The van der Waals surface area contributed by atoms with Crippen LogP contribution in [0.1, 0.15) is 24.6 Å². The van der Waals surface area contributed by atoms with Gasteiger partial charge in [0.05, 0.1) is 40.4 Å². The second kappa shape index (κ2) is 9.11. The number of imidazole rings is 1. The molecule has 38 heavy (non-hydrogen) atoms. The van der Waals surface area contributed by atoms with Crippen molar-refractivity contribution in [2.24, 2.45) is 0 Å². The number of hydrogen-bond donors (Lipinski definition) is 1. The number of nitrogens with zero attached hydrogens (tertiary/aromatic N) is 7. The Balaban J connectivity index is 1.33. The number of nitrogens with one attached hydrogen (secondary N) is 1. The maximum absolute atomic E-state index is 14.0. The van der Waals surface area contributed by atoms with E-state index >= 15 is 0 Å². The maximum Gasteiger partial charge on any atom is 0.144 e. The molecule has 188 valence electrons. The zero-order chi connectivity index (χ0) is 25.6. The van der Waals surface area contributed by atoms with E-state index < -0.39 is 0 Å². The second-order valence-corrected chi connectivity index (χ2v) is 9.67. The third kappa shape index (κ3) is 3.92. The molecule has 1 N–H and O–H groups in total. The van der Waals surface area contributed by atoms with Crippen LogP contribution in [0.4, 0.5) is 4.39 Å². The third-order valence-corrected chi connectivity index (χ3v) is 7.15. The predicted octanol–water partition coefficient (Wildman–Crippen LogP) is 5.24. The molecule has 1 saturated heterocycles. The lowest BCUT2D eigenvalue weighted by molar-refractivity contribution is 0.347. The fourth-order valence-electron chi connectivity index (χ4n) is 5.14. The number of hydrogen-bond acceptors (Lipinski definition) is 6. The zero-order valence-electron chi connectivity index (χ0n) is 20.8. The van der Waals surface area contributed by atoms with Gasteiger partial charge in [-0.2, -0.15) is 5.10 Å². The van der Waals surface area contributed by atoms with Crippen molar-refractivity contribution in [3.8, 4) is 33.9 Å². The van der Waals surface area contributed by atoms with Crippen LogP contribution in [0.5, 0.6) is 0 Å². The first kappa shape index (κ1) is 22.7. The fourth-order valence-corrected chi connectivity index (χ4v) is 5.14. The number of aryl methyl sites for hydroxylation is 1. The Kier molecular flexibility index (Phi) is 5.44. The summed E-state index contributed by atoms with van der Waals surface area (Å²) in [5.74, 6) is -0.343. The summed E-state index contributed by atoms with van der Waals surface area (Å²) >= 11 is 0. The van der Waals surface area contributed by atoms with E-state index in [1.807, 2.05) is 53.3 Å². The average molecular weight is 505 g/mol. The van der Waals surface area contributed by atoms with Gasteiger partial charge in [-0.3, -0.25) is 14.1 Å². The van der Waals surface area contributed by atoms with Crippen molar-refractivity contribution in [3.05, 3.63) is 84.8 Å². The first-order valence-corrected chi connectivity index (χ1v) is 12.8. The summed E-state index contributed by atoms with van der Waals surface area (Å²) in [5.41, 5.74) is 7.42. The summed E-state index contributed by atoms with van der Waals surface area (Å²) in [6, 6.07) is 15.2. The van der Waals surface area contributed by atoms with Gasteiger partial charge in [0.25, 0.3) is 0 Å². The van der Waals surface area contributed by atoms with Crippen molar-refractivity contribution in [2.45, 2.75) is 25.8 Å². The number of aromatic nitrogens is 7. The first-order chi connectivity index (χ1) is 18.6. The molecule has 1 aliphatic rings. The molecule has 8 nitrogen and oxygen atoms in total. The minimum absolute atomic E-state index is 0.329. The average Bonchev–Trinajstić information content (AvgIpc) is 3.60. The Morgan fingerprint density at radius 2 is 1.87 bits per heavy atom. The molecule has 6 aromatic heterocycles. The molecule has 0 amide bonds. The molecular formula is C29H25FN8. The highest BCUT2D eigenvalue weighted by Gasteiger charge is 2.20. The normalized spacial score (nSPS) is 15.9.